The standard InChI is InChI=1S/C16H23N3O6/c1-16(11-25-2,10-15(21)22)18-14(20)4-3-9-17-12-5-7-13(8-6-12)19(23)24/h5-8,17H,3-4,9-11H2,1-2H3,(H,18,20)(H,21,22)/t16-/m1/s1. The molecule has 9 nitrogen and oxygen atoms in total. The molecule has 1 aromatic carbocycles. The summed E-state index contributed by atoms with van der Waals surface area (Å²) in [5.41, 5.74) is -0.217. The Morgan fingerprint density at radius 3 is 2.48 bits per heavy atom. The molecule has 0 aliphatic heterocycles. The first-order valence-corrected chi connectivity index (χ1v) is 7.76. The van der Waals surface area contributed by atoms with Gasteiger partial charge in [0.2, 0.25) is 5.91 Å². The average molecular weight is 353 g/mol. The van der Waals surface area contributed by atoms with Crippen LogP contribution in [0.5, 0.6) is 0 Å². The van der Waals surface area contributed by atoms with E-state index in [0.29, 0.717) is 13.0 Å². The zero-order valence-corrected chi connectivity index (χ0v) is 14.3. The second-order valence-electron chi connectivity index (χ2n) is 5.95. The summed E-state index contributed by atoms with van der Waals surface area (Å²) >= 11 is 0. The maximum Gasteiger partial charge on any atom is 0.305 e. The minimum absolute atomic E-state index is 0.0146. The molecule has 0 fully saturated rings. The van der Waals surface area contributed by atoms with Crippen molar-refractivity contribution in [1.29, 1.82) is 0 Å². The number of benzene rings is 1. The van der Waals surface area contributed by atoms with Crippen molar-refractivity contribution in [3.63, 3.8) is 0 Å². The lowest BCUT2D eigenvalue weighted by Gasteiger charge is -2.28. The van der Waals surface area contributed by atoms with Crippen LogP contribution in [0.2, 0.25) is 0 Å². The predicted octanol–water partition coefficient (Wildman–Crippen LogP) is 1.78. The largest absolute Gasteiger partial charge is 0.481 e. The lowest BCUT2D eigenvalue weighted by atomic mass is 9.98. The molecule has 0 aliphatic carbocycles. The number of rotatable bonds is 11. The number of carboxylic acids is 1. The molecule has 3 N–H and O–H groups in total. The van der Waals surface area contributed by atoms with Crippen molar-refractivity contribution < 1.29 is 24.4 Å². The minimum atomic E-state index is -1.01. The van der Waals surface area contributed by atoms with Crippen LogP contribution in [-0.4, -0.2) is 47.7 Å². The quantitative estimate of drug-likeness (QED) is 0.314. The number of methoxy groups -OCH3 is 1. The molecule has 138 valence electrons. The summed E-state index contributed by atoms with van der Waals surface area (Å²) in [5, 5.41) is 25.3. The molecule has 1 rings (SSSR count). The first kappa shape index (κ1) is 20.4. The SMILES string of the molecule is COC[C@@](C)(CC(=O)O)NC(=O)CCCNc1ccc([N+](=O)[O-])cc1. The molecule has 1 atom stereocenters. The third-order valence-electron chi connectivity index (χ3n) is 3.43. The van der Waals surface area contributed by atoms with Gasteiger partial charge in [-0.1, -0.05) is 0 Å². The first-order valence-electron chi connectivity index (χ1n) is 7.76. The zero-order chi connectivity index (χ0) is 18.9. The fourth-order valence-electron chi connectivity index (χ4n) is 2.37. The van der Waals surface area contributed by atoms with E-state index >= 15 is 0 Å². The number of nitrogens with one attached hydrogen (secondary N) is 2. The van der Waals surface area contributed by atoms with E-state index in [1.165, 1.54) is 19.2 Å². The Morgan fingerprint density at radius 1 is 1.32 bits per heavy atom. The fourth-order valence-corrected chi connectivity index (χ4v) is 2.37. The number of carbonyl (C=O) groups is 2. The Kier molecular flexibility index (Phi) is 7.80. The molecule has 1 amide bonds. The van der Waals surface area contributed by atoms with Gasteiger partial charge in [-0.2, -0.15) is 0 Å². The van der Waals surface area contributed by atoms with E-state index in [0.717, 1.165) is 5.69 Å². The molecule has 25 heavy (non-hydrogen) atoms. The molecule has 0 spiro atoms. The van der Waals surface area contributed by atoms with Crippen LogP contribution in [0, 0.1) is 10.1 Å². The van der Waals surface area contributed by atoms with Crippen LogP contribution in [0.1, 0.15) is 26.2 Å². The second kappa shape index (κ2) is 9.58. The van der Waals surface area contributed by atoms with Gasteiger partial charge in [0.25, 0.3) is 5.69 Å². The molecule has 0 bridgehead atoms. The summed E-state index contributed by atoms with van der Waals surface area (Å²) in [4.78, 5) is 33.0. The van der Waals surface area contributed by atoms with Gasteiger partial charge in [0, 0.05) is 37.9 Å². The minimum Gasteiger partial charge on any atom is -0.481 e. The number of nitrogens with zero attached hydrogens (tertiary/aromatic N) is 1. The maximum atomic E-state index is 12.0. The Balaban J connectivity index is 2.38. The number of carboxylic acid groups (broad SMARTS) is 1. The molecule has 0 saturated carbocycles. The highest BCUT2D eigenvalue weighted by atomic mass is 16.6. The van der Waals surface area contributed by atoms with Crippen molar-refractivity contribution in [3.05, 3.63) is 34.4 Å². The number of aliphatic carboxylic acids is 1. The highest BCUT2D eigenvalue weighted by Gasteiger charge is 2.29. The van der Waals surface area contributed by atoms with Crippen LogP contribution in [0.4, 0.5) is 11.4 Å². The molecular formula is C16H23N3O6. The van der Waals surface area contributed by atoms with Gasteiger partial charge in [0.1, 0.15) is 0 Å². The summed E-state index contributed by atoms with van der Waals surface area (Å²) < 4.78 is 4.98. The van der Waals surface area contributed by atoms with E-state index in [-0.39, 0.29) is 31.0 Å². The molecule has 9 heteroatoms. The number of hydrogen-bond acceptors (Lipinski definition) is 6. The molecule has 0 saturated heterocycles. The maximum absolute atomic E-state index is 12.0. The molecule has 0 aromatic heterocycles. The van der Waals surface area contributed by atoms with Crippen molar-refractivity contribution in [2.75, 3.05) is 25.6 Å². The smallest absolute Gasteiger partial charge is 0.305 e. The van der Waals surface area contributed by atoms with Crippen LogP contribution < -0.4 is 10.6 Å². The number of nitro benzene ring substituents is 1. The van der Waals surface area contributed by atoms with Crippen molar-refractivity contribution in [2.24, 2.45) is 0 Å². The van der Waals surface area contributed by atoms with Gasteiger partial charge in [0.15, 0.2) is 0 Å². The van der Waals surface area contributed by atoms with Crippen LogP contribution in [0.3, 0.4) is 0 Å². The number of nitro groups is 1. The van der Waals surface area contributed by atoms with Gasteiger partial charge in [-0.05, 0) is 25.5 Å². The number of ether oxygens (including phenoxy) is 1. The van der Waals surface area contributed by atoms with E-state index in [1.807, 2.05) is 0 Å². The van der Waals surface area contributed by atoms with Crippen molar-refractivity contribution >= 4 is 23.3 Å². The Morgan fingerprint density at radius 2 is 1.96 bits per heavy atom. The molecule has 1 aromatic rings. The Bertz CT molecular complexity index is 604. The Labute approximate surface area is 145 Å². The third kappa shape index (κ3) is 7.62. The molecule has 0 heterocycles. The van der Waals surface area contributed by atoms with Crippen LogP contribution in [0.25, 0.3) is 0 Å². The van der Waals surface area contributed by atoms with Crippen LogP contribution in [0.15, 0.2) is 24.3 Å². The molecular weight excluding hydrogens is 330 g/mol. The third-order valence-corrected chi connectivity index (χ3v) is 3.43. The fraction of sp³-hybridized carbons (Fsp3) is 0.500. The monoisotopic (exact) mass is 353 g/mol. The molecule has 0 radical (unpaired) electrons. The zero-order valence-electron chi connectivity index (χ0n) is 14.3. The van der Waals surface area contributed by atoms with Gasteiger partial charge in [0.05, 0.1) is 23.5 Å². The number of amides is 1. The number of non-ortho nitro benzene ring substituents is 1. The summed E-state index contributed by atoms with van der Waals surface area (Å²) in [6, 6.07) is 6.00. The van der Waals surface area contributed by atoms with Gasteiger partial charge < -0.3 is 20.5 Å². The highest BCUT2D eigenvalue weighted by molar-refractivity contribution is 5.78. The van der Waals surface area contributed by atoms with Gasteiger partial charge >= 0.3 is 5.97 Å². The number of hydrogen-bond donors (Lipinski definition) is 3. The lowest BCUT2D eigenvalue weighted by molar-refractivity contribution is -0.384. The van der Waals surface area contributed by atoms with E-state index in [4.69, 9.17) is 9.84 Å². The van der Waals surface area contributed by atoms with Crippen LogP contribution in [-0.2, 0) is 14.3 Å². The van der Waals surface area contributed by atoms with Crippen molar-refractivity contribution in [3.8, 4) is 0 Å². The van der Waals surface area contributed by atoms with E-state index in [2.05, 4.69) is 10.6 Å². The van der Waals surface area contributed by atoms with Gasteiger partial charge in [-0.15, -0.1) is 0 Å². The van der Waals surface area contributed by atoms with Crippen molar-refractivity contribution in [2.45, 2.75) is 31.7 Å². The van der Waals surface area contributed by atoms with E-state index in [1.54, 1.807) is 19.1 Å². The second-order valence-corrected chi connectivity index (χ2v) is 5.95. The van der Waals surface area contributed by atoms with Gasteiger partial charge in [-0.3, -0.25) is 19.7 Å². The normalized spacial score (nSPS) is 12.9. The van der Waals surface area contributed by atoms with Crippen molar-refractivity contribution in [1.82, 2.24) is 5.32 Å². The highest BCUT2D eigenvalue weighted by Crippen LogP contribution is 2.15. The Hall–Kier alpha value is -2.68. The molecule has 0 aliphatic rings. The number of anilines is 1. The summed E-state index contributed by atoms with van der Waals surface area (Å²) in [6.45, 7) is 2.23. The van der Waals surface area contributed by atoms with Gasteiger partial charge in [-0.25, -0.2) is 0 Å². The molecule has 0 unspecified atom stereocenters. The lowest BCUT2D eigenvalue weighted by Crippen LogP contribution is -2.50. The first-order chi connectivity index (χ1) is 11.8. The van der Waals surface area contributed by atoms with E-state index < -0.39 is 16.4 Å². The summed E-state index contributed by atoms with van der Waals surface area (Å²) in [6.07, 6.45) is 0.519. The predicted molar refractivity (Wildman–Crippen MR) is 91.5 cm³/mol. The van der Waals surface area contributed by atoms with Crippen LogP contribution >= 0.6 is 0 Å². The topological polar surface area (TPSA) is 131 Å². The summed E-state index contributed by atoms with van der Waals surface area (Å²) in [7, 11) is 1.44. The number of carbonyl (C=O) groups excluding carboxylic acids is 1. The van der Waals surface area contributed by atoms with E-state index in [9.17, 15) is 19.7 Å². The average Bonchev–Trinajstić information content (AvgIpc) is 2.51. The summed E-state index contributed by atoms with van der Waals surface area (Å²) in [5.74, 6) is -1.27.